The van der Waals surface area contributed by atoms with Gasteiger partial charge in [0.1, 0.15) is 0 Å². The summed E-state index contributed by atoms with van der Waals surface area (Å²) in [5.41, 5.74) is 3.21. The van der Waals surface area contributed by atoms with Gasteiger partial charge in [-0.2, -0.15) is 0 Å². The lowest BCUT2D eigenvalue weighted by atomic mass is 10.0. The molecule has 0 aromatic heterocycles. The largest absolute Gasteiger partial charge is 0.331 e. The van der Waals surface area contributed by atoms with Crippen LogP contribution in [0.15, 0.2) is 53.4 Å². The number of urea groups is 1. The third-order valence-corrected chi connectivity index (χ3v) is 4.70. The zero-order chi connectivity index (χ0) is 14.7. The second kappa shape index (κ2) is 6.22. The molecule has 0 fully saturated rings. The van der Waals surface area contributed by atoms with Crippen molar-refractivity contribution in [2.75, 3.05) is 11.1 Å². The smallest absolute Gasteiger partial charge is 0.319 e. The van der Waals surface area contributed by atoms with Crippen molar-refractivity contribution in [2.45, 2.75) is 24.3 Å². The van der Waals surface area contributed by atoms with Gasteiger partial charge in [0.15, 0.2) is 0 Å². The molecule has 4 heteroatoms. The van der Waals surface area contributed by atoms with Crippen molar-refractivity contribution in [2.24, 2.45) is 0 Å². The SMILES string of the molecule is Cc1ccc(NC(=O)NC2CCSc3ccccc32)cc1. The lowest BCUT2D eigenvalue weighted by molar-refractivity contribution is 0.248. The molecular formula is C17H18N2OS. The summed E-state index contributed by atoms with van der Waals surface area (Å²) in [6.07, 6.45) is 0.961. The van der Waals surface area contributed by atoms with E-state index in [9.17, 15) is 4.79 Å². The maximum atomic E-state index is 12.1. The molecule has 1 unspecified atom stereocenters. The van der Waals surface area contributed by atoms with Gasteiger partial charge < -0.3 is 10.6 Å². The summed E-state index contributed by atoms with van der Waals surface area (Å²) < 4.78 is 0. The third-order valence-electron chi connectivity index (χ3n) is 3.57. The van der Waals surface area contributed by atoms with E-state index in [0.29, 0.717) is 0 Å². The van der Waals surface area contributed by atoms with Crippen LogP contribution in [0.1, 0.15) is 23.6 Å². The molecule has 0 spiro atoms. The van der Waals surface area contributed by atoms with E-state index in [0.717, 1.165) is 17.9 Å². The van der Waals surface area contributed by atoms with Gasteiger partial charge in [-0.15, -0.1) is 11.8 Å². The summed E-state index contributed by atoms with van der Waals surface area (Å²) >= 11 is 1.85. The van der Waals surface area contributed by atoms with E-state index in [1.54, 1.807) is 0 Å². The zero-order valence-corrected chi connectivity index (χ0v) is 12.7. The predicted octanol–water partition coefficient (Wildman–Crippen LogP) is 4.35. The Bertz CT molecular complexity index is 639. The van der Waals surface area contributed by atoms with Gasteiger partial charge in [0.25, 0.3) is 0 Å². The number of aryl methyl sites for hydroxylation is 1. The average molecular weight is 298 g/mol. The van der Waals surface area contributed by atoms with Crippen LogP contribution in [0.3, 0.4) is 0 Å². The van der Waals surface area contributed by atoms with Crippen LogP contribution in [0.25, 0.3) is 0 Å². The number of rotatable bonds is 2. The fourth-order valence-corrected chi connectivity index (χ4v) is 3.58. The summed E-state index contributed by atoms with van der Waals surface area (Å²) in [5.74, 6) is 1.03. The first-order valence-electron chi connectivity index (χ1n) is 7.08. The van der Waals surface area contributed by atoms with Gasteiger partial charge in [-0.25, -0.2) is 4.79 Å². The molecule has 1 atom stereocenters. The van der Waals surface area contributed by atoms with Crippen LogP contribution in [0, 0.1) is 6.92 Å². The molecule has 21 heavy (non-hydrogen) atoms. The summed E-state index contributed by atoms with van der Waals surface area (Å²) in [5, 5.41) is 5.97. The number of thioether (sulfide) groups is 1. The molecule has 2 amide bonds. The van der Waals surface area contributed by atoms with Gasteiger partial charge in [0, 0.05) is 16.3 Å². The van der Waals surface area contributed by atoms with E-state index in [1.165, 1.54) is 16.0 Å². The van der Waals surface area contributed by atoms with E-state index < -0.39 is 0 Å². The molecule has 0 bridgehead atoms. The van der Waals surface area contributed by atoms with Gasteiger partial charge in [0.2, 0.25) is 0 Å². The molecule has 2 N–H and O–H groups in total. The van der Waals surface area contributed by atoms with Crippen molar-refractivity contribution in [1.29, 1.82) is 0 Å². The van der Waals surface area contributed by atoms with Crippen molar-refractivity contribution in [3.8, 4) is 0 Å². The Kier molecular flexibility index (Phi) is 4.15. The summed E-state index contributed by atoms with van der Waals surface area (Å²) in [6.45, 7) is 2.03. The molecule has 2 aromatic carbocycles. The van der Waals surface area contributed by atoms with E-state index in [2.05, 4.69) is 22.8 Å². The Morgan fingerprint density at radius 2 is 1.90 bits per heavy atom. The van der Waals surface area contributed by atoms with E-state index >= 15 is 0 Å². The number of carbonyl (C=O) groups excluding carboxylic acids is 1. The summed E-state index contributed by atoms with van der Waals surface area (Å²) in [4.78, 5) is 13.4. The predicted molar refractivity (Wildman–Crippen MR) is 87.9 cm³/mol. The Hall–Kier alpha value is -1.94. The molecule has 2 aromatic rings. The summed E-state index contributed by atoms with van der Waals surface area (Å²) in [7, 11) is 0. The number of benzene rings is 2. The van der Waals surface area contributed by atoms with Gasteiger partial charge in [0.05, 0.1) is 6.04 Å². The maximum Gasteiger partial charge on any atom is 0.319 e. The minimum atomic E-state index is -0.148. The highest BCUT2D eigenvalue weighted by Gasteiger charge is 2.21. The molecule has 0 saturated carbocycles. The Labute approximate surface area is 129 Å². The first-order valence-corrected chi connectivity index (χ1v) is 8.07. The highest BCUT2D eigenvalue weighted by atomic mass is 32.2. The van der Waals surface area contributed by atoms with Gasteiger partial charge in [-0.3, -0.25) is 0 Å². The Balaban J connectivity index is 1.67. The molecule has 1 heterocycles. The lowest BCUT2D eigenvalue weighted by Crippen LogP contribution is -2.34. The van der Waals surface area contributed by atoms with Crippen LogP contribution in [0.4, 0.5) is 10.5 Å². The number of carbonyl (C=O) groups is 1. The van der Waals surface area contributed by atoms with Crippen molar-refractivity contribution in [3.05, 3.63) is 59.7 Å². The first kappa shape index (κ1) is 14.0. The third kappa shape index (κ3) is 3.39. The van der Waals surface area contributed by atoms with Crippen LogP contribution in [0.5, 0.6) is 0 Å². The van der Waals surface area contributed by atoms with Crippen molar-refractivity contribution in [3.63, 3.8) is 0 Å². The normalized spacial score (nSPS) is 16.9. The molecule has 0 saturated heterocycles. The Morgan fingerprint density at radius 1 is 1.14 bits per heavy atom. The minimum Gasteiger partial charge on any atom is -0.331 e. The molecule has 1 aliphatic heterocycles. The van der Waals surface area contributed by atoms with Crippen molar-refractivity contribution < 1.29 is 4.79 Å². The van der Waals surface area contributed by atoms with Crippen LogP contribution < -0.4 is 10.6 Å². The standard InChI is InChI=1S/C17H18N2OS/c1-12-6-8-13(9-7-12)18-17(20)19-15-10-11-21-16-5-3-2-4-14(15)16/h2-9,15H,10-11H2,1H3,(H2,18,19,20). The van der Waals surface area contributed by atoms with Crippen LogP contribution in [-0.2, 0) is 0 Å². The van der Waals surface area contributed by atoms with E-state index in [4.69, 9.17) is 0 Å². The quantitative estimate of drug-likeness (QED) is 0.865. The highest BCUT2D eigenvalue weighted by molar-refractivity contribution is 7.99. The number of hydrogen-bond acceptors (Lipinski definition) is 2. The molecule has 3 rings (SSSR count). The minimum absolute atomic E-state index is 0.0906. The van der Waals surface area contributed by atoms with Crippen LogP contribution >= 0.6 is 11.8 Å². The number of anilines is 1. The molecular weight excluding hydrogens is 280 g/mol. The van der Waals surface area contributed by atoms with E-state index in [1.807, 2.05) is 55.1 Å². The fourth-order valence-electron chi connectivity index (χ4n) is 2.45. The number of amides is 2. The first-order chi connectivity index (χ1) is 10.2. The van der Waals surface area contributed by atoms with Crippen molar-refractivity contribution in [1.82, 2.24) is 5.32 Å². The van der Waals surface area contributed by atoms with Gasteiger partial charge >= 0.3 is 6.03 Å². The second-order valence-electron chi connectivity index (χ2n) is 5.19. The Morgan fingerprint density at radius 3 is 2.71 bits per heavy atom. The summed E-state index contributed by atoms with van der Waals surface area (Å²) in [6, 6.07) is 16.0. The second-order valence-corrected chi connectivity index (χ2v) is 6.33. The monoisotopic (exact) mass is 298 g/mol. The van der Waals surface area contributed by atoms with Crippen LogP contribution in [-0.4, -0.2) is 11.8 Å². The van der Waals surface area contributed by atoms with Gasteiger partial charge in [-0.05, 0) is 37.1 Å². The average Bonchev–Trinajstić information content (AvgIpc) is 2.50. The zero-order valence-electron chi connectivity index (χ0n) is 11.9. The fraction of sp³-hybridized carbons (Fsp3) is 0.235. The number of fused-ring (bicyclic) bond motifs is 1. The van der Waals surface area contributed by atoms with E-state index in [-0.39, 0.29) is 12.1 Å². The number of nitrogens with one attached hydrogen (secondary N) is 2. The number of hydrogen-bond donors (Lipinski definition) is 2. The van der Waals surface area contributed by atoms with Crippen molar-refractivity contribution >= 4 is 23.5 Å². The molecule has 108 valence electrons. The molecule has 0 radical (unpaired) electrons. The molecule has 0 aliphatic carbocycles. The topological polar surface area (TPSA) is 41.1 Å². The molecule has 1 aliphatic rings. The molecule has 3 nitrogen and oxygen atoms in total. The maximum absolute atomic E-state index is 12.1. The lowest BCUT2D eigenvalue weighted by Gasteiger charge is -2.25. The highest BCUT2D eigenvalue weighted by Crippen LogP contribution is 2.35. The van der Waals surface area contributed by atoms with Crippen LogP contribution in [0.2, 0.25) is 0 Å². The van der Waals surface area contributed by atoms with Gasteiger partial charge in [-0.1, -0.05) is 35.9 Å².